The topological polar surface area (TPSA) is 35.2 Å². The minimum atomic E-state index is -2.88. The Bertz CT molecular complexity index is 458. The second-order valence-corrected chi connectivity index (χ2v) is 9.38. The number of benzene rings is 1. The van der Waals surface area contributed by atoms with Crippen LogP contribution in [0.5, 0.6) is 5.75 Å². The molecule has 0 bridgehead atoms. The van der Waals surface area contributed by atoms with Crippen molar-refractivity contribution in [2.75, 3.05) is 5.73 Å². The van der Waals surface area contributed by atoms with Gasteiger partial charge in [-0.3, -0.25) is 0 Å². The first-order valence-electron chi connectivity index (χ1n) is 5.15. The maximum absolute atomic E-state index is 12.1. The Labute approximate surface area is 101 Å². The minimum absolute atomic E-state index is 0.0256. The predicted octanol–water partition coefficient (Wildman–Crippen LogP) is 3.10. The normalized spacial score (nSPS) is 10.9. The summed E-state index contributed by atoms with van der Waals surface area (Å²) in [5.41, 5.74) is 9.49. The van der Waals surface area contributed by atoms with E-state index in [2.05, 4.69) is 35.8 Å². The van der Waals surface area contributed by atoms with Gasteiger partial charge in [-0.15, -0.1) is 5.54 Å². The maximum atomic E-state index is 12.1. The van der Waals surface area contributed by atoms with Crippen LogP contribution in [0.2, 0.25) is 19.6 Å². The number of nitrogen functional groups attached to an aromatic ring is 1. The third kappa shape index (κ3) is 4.87. The van der Waals surface area contributed by atoms with Crippen LogP contribution in [0.3, 0.4) is 0 Å². The number of nitrogens with two attached hydrogens (primary N) is 1. The van der Waals surface area contributed by atoms with E-state index in [0.717, 1.165) is 0 Å². The molecule has 0 radical (unpaired) electrons. The van der Waals surface area contributed by atoms with E-state index >= 15 is 0 Å². The number of hydrogen-bond acceptors (Lipinski definition) is 2. The van der Waals surface area contributed by atoms with Crippen LogP contribution in [0.15, 0.2) is 18.2 Å². The average molecular weight is 255 g/mol. The molecule has 0 aliphatic heterocycles. The number of halogens is 2. The third-order valence-electron chi connectivity index (χ3n) is 1.81. The molecule has 0 atom stereocenters. The Hall–Kier alpha value is -1.54. The first-order chi connectivity index (χ1) is 7.78. The lowest BCUT2D eigenvalue weighted by Gasteiger charge is -2.08. The van der Waals surface area contributed by atoms with Crippen molar-refractivity contribution in [1.29, 1.82) is 0 Å². The van der Waals surface area contributed by atoms with Crippen LogP contribution < -0.4 is 10.5 Å². The van der Waals surface area contributed by atoms with E-state index in [0.29, 0.717) is 5.56 Å². The standard InChI is InChI=1S/C12H15F2NOSi/c1-17(2,3)7-6-9-4-5-10(15)11(8-9)16-12(13)14/h4-5,8,12H,15H2,1-3H3. The molecule has 0 aliphatic rings. The van der Waals surface area contributed by atoms with E-state index in [1.807, 2.05) is 0 Å². The van der Waals surface area contributed by atoms with Crippen molar-refractivity contribution in [3.8, 4) is 17.2 Å². The second kappa shape index (κ2) is 5.19. The first-order valence-corrected chi connectivity index (χ1v) is 8.65. The molecule has 2 nitrogen and oxygen atoms in total. The highest BCUT2D eigenvalue weighted by atomic mass is 28.3. The van der Waals surface area contributed by atoms with Gasteiger partial charge in [-0.25, -0.2) is 0 Å². The fourth-order valence-corrected chi connectivity index (χ4v) is 1.59. The van der Waals surface area contributed by atoms with Gasteiger partial charge in [0.1, 0.15) is 13.8 Å². The molecule has 0 aliphatic carbocycles. The minimum Gasteiger partial charge on any atom is -0.433 e. The van der Waals surface area contributed by atoms with Crippen LogP contribution in [0.1, 0.15) is 5.56 Å². The van der Waals surface area contributed by atoms with Gasteiger partial charge in [-0.1, -0.05) is 25.6 Å². The fraction of sp³-hybridized carbons (Fsp3) is 0.333. The van der Waals surface area contributed by atoms with Crippen molar-refractivity contribution >= 4 is 13.8 Å². The SMILES string of the molecule is C[Si](C)(C)C#Cc1ccc(N)c(OC(F)F)c1. The lowest BCUT2D eigenvalue weighted by atomic mass is 10.2. The summed E-state index contributed by atoms with van der Waals surface area (Å²) >= 11 is 0. The number of alkyl halides is 2. The molecule has 17 heavy (non-hydrogen) atoms. The molecule has 1 aromatic carbocycles. The third-order valence-corrected chi connectivity index (χ3v) is 2.69. The smallest absolute Gasteiger partial charge is 0.387 e. The van der Waals surface area contributed by atoms with Crippen molar-refractivity contribution in [3.05, 3.63) is 23.8 Å². The Kier molecular flexibility index (Phi) is 4.13. The van der Waals surface area contributed by atoms with Crippen LogP contribution in [-0.4, -0.2) is 14.7 Å². The molecule has 0 saturated heterocycles. The lowest BCUT2D eigenvalue weighted by Crippen LogP contribution is -2.16. The van der Waals surface area contributed by atoms with E-state index in [1.54, 1.807) is 6.07 Å². The summed E-state index contributed by atoms with van der Waals surface area (Å²) in [7, 11) is -1.48. The number of rotatable bonds is 2. The molecular weight excluding hydrogens is 240 g/mol. The van der Waals surface area contributed by atoms with Crippen molar-refractivity contribution in [2.24, 2.45) is 0 Å². The van der Waals surface area contributed by atoms with E-state index in [1.165, 1.54) is 12.1 Å². The quantitative estimate of drug-likeness (QED) is 0.500. The molecule has 0 unspecified atom stereocenters. The number of anilines is 1. The van der Waals surface area contributed by atoms with Gasteiger partial charge >= 0.3 is 6.61 Å². The van der Waals surface area contributed by atoms with Gasteiger partial charge < -0.3 is 10.5 Å². The molecule has 0 heterocycles. The summed E-state index contributed by atoms with van der Waals surface area (Å²) in [5.74, 6) is 2.93. The Morgan fingerprint density at radius 3 is 2.47 bits per heavy atom. The van der Waals surface area contributed by atoms with Gasteiger partial charge in [0.2, 0.25) is 0 Å². The van der Waals surface area contributed by atoms with Crippen LogP contribution in [-0.2, 0) is 0 Å². The van der Waals surface area contributed by atoms with Crippen molar-refractivity contribution in [2.45, 2.75) is 26.3 Å². The van der Waals surface area contributed by atoms with E-state index in [9.17, 15) is 8.78 Å². The van der Waals surface area contributed by atoms with Crippen LogP contribution in [0.4, 0.5) is 14.5 Å². The van der Waals surface area contributed by atoms with Crippen LogP contribution in [0.25, 0.3) is 0 Å². The van der Waals surface area contributed by atoms with Gasteiger partial charge in [0.25, 0.3) is 0 Å². The molecule has 5 heteroatoms. The zero-order valence-electron chi connectivity index (χ0n) is 10.1. The average Bonchev–Trinajstić information content (AvgIpc) is 2.17. The Morgan fingerprint density at radius 2 is 1.94 bits per heavy atom. The van der Waals surface area contributed by atoms with Crippen molar-refractivity contribution < 1.29 is 13.5 Å². The van der Waals surface area contributed by atoms with E-state index in [4.69, 9.17) is 5.73 Å². The molecule has 0 aromatic heterocycles. The molecular formula is C12H15F2NOSi. The summed E-state index contributed by atoms with van der Waals surface area (Å²) in [4.78, 5) is 0. The number of hydrogen-bond donors (Lipinski definition) is 1. The largest absolute Gasteiger partial charge is 0.433 e. The Balaban J connectivity index is 2.99. The zero-order valence-corrected chi connectivity index (χ0v) is 11.1. The summed E-state index contributed by atoms with van der Waals surface area (Å²) in [6, 6.07) is 4.65. The lowest BCUT2D eigenvalue weighted by molar-refractivity contribution is -0.0493. The first kappa shape index (κ1) is 13.5. The molecule has 0 saturated carbocycles. The predicted molar refractivity (Wildman–Crippen MR) is 67.7 cm³/mol. The van der Waals surface area contributed by atoms with E-state index in [-0.39, 0.29) is 11.4 Å². The van der Waals surface area contributed by atoms with Crippen LogP contribution in [0, 0.1) is 11.5 Å². The summed E-state index contributed by atoms with van der Waals surface area (Å²) in [6.45, 7) is 3.44. The highest BCUT2D eigenvalue weighted by Crippen LogP contribution is 2.24. The molecule has 0 amide bonds. The molecule has 1 aromatic rings. The molecule has 1 rings (SSSR count). The molecule has 0 spiro atoms. The fourth-order valence-electron chi connectivity index (χ4n) is 1.07. The van der Waals surface area contributed by atoms with Crippen molar-refractivity contribution in [1.82, 2.24) is 0 Å². The van der Waals surface area contributed by atoms with Gasteiger partial charge in [0.05, 0.1) is 5.69 Å². The zero-order chi connectivity index (χ0) is 13.1. The highest BCUT2D eigenvalue weighted by Gasteiger charge is 2.09. The van der Waals surface area contributed by atoms with Crippen molar-refractivity contribution in [3.63, 3.8) is 0 Å². The second-order valence-electron chi connectivity index (χ2n) is 4.63. The van der Waals surface area contributed by atoms with Gasteiger partial charge in [-0.05, 0) is 18.2 Å². The van der Waals surface area contributed by atoms with Crippen LogP contribution >= 0.6 is 0 Å². The van der Waals surface area contributed by atoms with E-state index < -0.39 is 14.7 Å². The molecule has 2 N–H and O–H groups in total. The molecule has 92 valence electrons. The monoisotopic (exact) mass is 255 g/mol. The van der Waals surface area contributed by atoms with Gasteiger partial charge in [-0.2, -0.15) is 8.78 Å². The Morgan fingerprint density at radius 1 is 1.29 bits per heavy atom. The van der Waals surface area contributed by atoms with Gasteiger partial charge in [0.15, 0.2) is 0 Å². The summed E-state index contributed by atoms with van der Waals surface area (Å²) in [6.07, 6.45) is 0. The summed E-state index contributed by atoms with van der Waals surface area (Å²) < 4.78 is 28.5. The number of ether oxygens (including phenoxy) is 1. The maximum Gasteiger partial charge on any atom is 0.387 e. The molecule has 0 fully saturated rings. The summed E-state index contributed by atoms with van der Waals surface area (Å²) in [5, 5.41) is 0. The highest BCUT2D eigenvalue weighted by molar-refractivity contribution is 6.83. The van der Waals surface area contributed by atoms with Gasteiger partial charge in [0, 0.05) is 5.56 Å².